The third kappa shape index (κ3) is 5.81. The summed E-state index contributed by atoms with van der Waals surface area (Å²) < 4.78 is 32.2. The predicted octanol–water partition coefficient (Wildman–Crippen LogP) is 3.72. The molecule has 8 nitrogen and oxygen atoms in total. The van der Waals surface area contributed by atoms with Gasteiger partial charge in [0.15, 0.2) is 0 Å². The van der Waals surface area contributed by atoms with Gasteiger partial charge in [0.2, 0.25) is 10.0 Å². The summed E-state index contributed by atoms with van der Waals surface area (Å²) in [5.74, 6) is -0.0475. The number of amides is 1. The Morgan fingerprint density at radius 2 is 1.83 bits per heavy atom. The Morgan fingerprint density at radius 1 is 1.11 bits per heavy atom. The van der Waals surface area contributed by atoms with E-state index in [1.54, 1.807) is 12.1 Å². The summed E-state index contributed by atoms with van der Waals surface area (Å²) in [5, 5.41) is 1.07. The van der Waals surface area contributed by atoms with Crippen molar-refractivity contribution in [1.82, 2.24) is 14.6 Å². The number of nitrogens with zero attached hydrogens (tertiary/aromatic N) is 2. The lowest BCUT2D eigenvalue weighted by Gasteiger charge is -2.37. The van der Waals surface area contributed by atoms with Crippen LogP contribution in [0, 0.1) is 0 Å². The number of piperazine rings is 1. The number of anilines is 1. The van der Waals surface area contributed by atoms with E-state index in [2.05, 4.69) is 9.71 Å². The highest BCUT2D eigenvalue weighted by Gasteiger charge is 2.36. The van der Waals surface area contributed by atoms with E-state index in [1.165, 1.54) is 18.1 Å². The standard InChI is InChI=1S/C23H25Cl3N4O4S/c1-34-21-7-6-17(14-20(21)29-10-12-30(13-11-29)22(31)23(24,25)26)35(32,33)28-9-8-16-15-27-19-5-3-2-4-18(16)19/h2-7,14-15,27-28H,8-13H2,1H3. The van der Waals surface area contributed by atoms with Crippen LogP contribution >= 0.6 is 34.8 Å². The zero-order chi connectivity index (χ0) is 25.2. The van der Waals surface area contributed by atoms with Crippen molar-refractivity contribution in [2.24, 2.45) is 0 Å². The van der Waals surface area contributed by atoms with E-state index in [0.29, 0.717) is 44.0 Å². The van der Waals surface area contributed by atoms with Gasteiger partial charge in [-0.3, -0.25) is 4.79 Å². The van der Waals surface area contributed by atoms with Gasteiger partial charge in [0, 0.05) is 49.8 Å². The highest BCUT2D eigenvalue weighted by atomic mass is 35.6. The fraction of sp³-hybridized carbons (Fsp3) is 0.348. The van der Waals surface area contributed by atoms with Crippen LogP contribution in [0.2, 0.25) is 0 Å². The van der Waals surface area contributed by atoms with Gasteiger partial charge in [0.05, 0.1) is 17.7 Å². The quantitative estimate of drug-likeness (QED) is 0.431. The summed E-state index contributed by atoms with van der Waals surface area (Å²) in [7, 11) is -2.23. The fourth-order valence-corrected chi connectivity index (χ4v) is 5.57. The van der Waals surface area contributed by atoms with Crippen LogP contribution in [0.5, 0.6) is 5.75 Å². The first-order valence-corrected chi connectivity index (χ1v) is 13.6. The number of H-pyrrole nitrogens is 1. The van der Waals surface area contributed by atoms with Gasteiger partial charge in [-0.05, 0) is 36.2 Å². The number of halogens is 3. The third-order valence-corrected chi connectivity index (χ3v) is 7.92. The van der Waals surface area contributed by atoms with Crippen LogP contribution in [0.25, 0.3) is 10.9 Å². The number of sulfonamides is 1. The number of aromatic nitrogens is 1. The monoisotopic (exact) mass is 558 g/mol. The van der Waals surface area contributed by atoms with Crippen molar-refractivity contribution in [2.45, 2.75) is 15.1 Å². The van der Waals surface area contributed by atoms with Gasteiger partial charge in [0.1, 0.15) is 5.75 Å². The Kier molecular flexibility index (Phi) is 7.73. The number of fused-ring (bicyclic) bond motifs is 1. The van der Waals surface area contributed by atoms with Crippen molar-refractivity contribution in [3.63, 3.8) is 0 Å². The molecule has 0 saturated carbocycles. The second kappa shape index (κ2) is 10.4. The predicted molar refractivity (Wildman–Crippen MR) is 139 cm³/mol. The number of benzene rings is 2. The second-order valence-electron chi connectivity index (χ2n) is 8.12. The highest BCUT2D eigenvalue weighted by molar-refractivity contribution is 7.89. The van der Waals surface area contributed by atoms with Crippen molar-refractivity contribution in [3.8, 4) is 5.75 Å². The van der Waals surface area contributed by atoms with Crippen LogP contribution in [-0.2, 0) is 21.2 Å². The summed E-state index contributed by atoms with van der Waals surface area (Å²) >= 11 is 17.2. The molecule has 2 N–H and O–H groups in total. The first kappa shape index (κ1) is 25.9. The van der Waals surface area contributed by atoms with Crippen LogP contribution in [-0.4, -0.2) is 67.8 Å². The molecule has 3 aromatic rings. The number of alkyl halides is 3. The topological polar surface area (TPSA) is 94.7 Å². The SMILES string of the molecule is COc1ccc(S(=O)(=O)NCCc2c[nH]c3ccccc23)cc1N1CCN(C(=O)C(Cl)(Cl)Cl)CC1. The van der Waals surface area contributed by atoms with Gasteiger partial charge in [-0.15, -0.1) is 0 Å². The number of aromatic amines is 1. The largest absolute Gasteiger partial charge is 0.495 e. The summed E-state index contributed by atoms with van der Waals surface area (Å²) in [4.78, 5) is 19.0. The van der Waals surface area contributed by atoms with Gasteiger partial charge < -0.3 is 19.5 Å². The van der Waals surface area contributed by atoms with E-state index in [1.807, 2.05) is 35.4 Å². The van der Waals surface area contributed by atoms with Crippen LogP contribution in [0.4, 0.5) is 5.69 Å². The molecule has 2 heterocycles. The van der Waals surface area contributed by atoms with Crippen LogP contribution in [0.1, 0.15) is 5.56 Å². The molecular formula is C23H25Cl3N4O4S. The Bertz CT molecular complexity index is 1320. The van der Waals surface area contributed by atoms with Crippen molar-refractivity contribution in [3.05, 3.63) is 54.2 Å². The van der Waals surface area contributed by atoms with Crippen molar-refractivity contribution < 1.29 is 17.9 Å². The number of methoxy groups -OCH3 is 1. The number of hydrogen-bond donors (Lipinski definition) is 2. The molecule has 1 fully saturated rings. The Labute approximate surface area is 219 Å². The average molecular weight is 560 g/mol. The summed E-state index contributed by atoms with van der Waals surface area (Å²) in [5.41, 5.74) is 2.68. The molecule has 4 rings (SSSR count). The molecule has 0 bridgehead atoms. The van der Waals surface area contributed by atoms with E-state index < -0.39 is 19.7 Å². The second-order valence-corrected chi connectivity index (χ2v) is 12.2. The molecular weight excluding hydrogens is 535 g/mol. The highest BCUT2D eigenvalue weighted by Crippen LogP contribution is 2.33. The molecule has 1 aliphatic rings. The lowest BCUT2D eigenvalue weighted by atomic mass is 10.1. The van der Waals surface area contributed by atoms with E-state index in [4.69, 9.17) is 39.5 Å². The maximum absolute atomic E-state index is 13.0. The van der Waals surface area contributed by atoms with E-state index in [9.17, 15) is 13.2 Å². The summed E-state index contributed by atoms with van der Waals surface area (Å²) in [6.45, 7) is 1.77. The minimum atomic E-state index is -3.76. The zero-order valence-corrected chi connectivity index (χ0v) is 22.0. The number of rotatable bonds is 7. The molecule has 0 atom stereocenters. The number of ether oxygens (including phenoxy) is 1. The molecule has 0 radical (unpaired) electrons. The minimum absolute atomic E-state index is 0.132. The lowest BCUT2D eigenvalue weighted by Crippen LogP contribution is -2.51. The molecule has 1 aliphatic heterocycles. The van der Waals surface area contributed by atoms with Gasteiger partial charge in [-0.1, -0.05) is 53.0 Å². The smallest absolute Gasteiger partial charge is 0.274 e. The maximum atomic E-state index is 13.0. The molecule has 1 amide bonds. The number of para-hydroxylation sites is 1. The van der Waals surface area contributed by atoms with Gasteiger partial charge in [-0.2, -0.15) is 0 Å². The fourth-order valence-electron chi connectivity index (χ4n) is 4.16. The number of carbonyl (C=O) groups excluding carboxylic acids is 1. The van der Waals surface area contributed by atoms with Gasteiger partial charge in [-0.25, -0.2) is 13.1 Å². The number of hydrogen-bond acceptors (Lipinski definition) is 5. The molecule has 35 heavy (non-hydrogen) atoms. The van der Waals surface area contributed by atoms with Gasteiger partial charge in [0.25, 0.3) is 9.70 Å². The van der Waals surface area contributed by atoms with Crippen LogP contribution in [0.15, 0.2) is 53.6 Å². The lowest BCUT2D eigenvalue weighted by molar-refractivity contribution is -0.130. The van der Waals surface area contributed by atoms with Crippen LogP contribution < -0.4 is 14.4 Å². The summed E-state index contributed by atoms with van der Waals surface area (Å²) in [6, 6.07) is 12.6. The molecule has 2 aromatic carbocycles. The Morgan fingerprint density at radius 3 is 2.51 bits per heavy atom. The maximum Gasteiger partial charge on any atom is 0.274 e. The molecule has 0 spiro atoms. The molecule has 1 aromatic heterocycles. The van der Waals surface area contributed by atoms with Crippen molar-refractivity contribution >= 4 is 67.3 Å². The van der Waals surface area contributed by atoms with Crippen molar-refractivity contribution in [2.75, 3.05) is 44.7 Å². The zero-order valence-electron chi connectivity index (χ0n) is 18.9. The Hall–Kier alpha value is -2.17. The Balaban J connectivity index is 1.45. The molecule has 0 aliphatic carbocycles. The molecule has 0 unspecified atom stereocenters. The molecule has 1 saturated heterocycles. The number of nitrogens with one attached hydrogen (secondary N) is 2. The molecule has 12 heteroatoms. The summed E-state index contributed by atoms with van der Waals surface area (Å²) in [6.07, 6.45) is 2.45. The minimum Gasteiger partial charge on any atom is -0.495 e. The van der Waals surface area contributed by atoms with Crippen LogP contribution in [0.3, 0.4) is 0 Å². The van der Waals surface area contributed by atoms with E-state index in [0.717, 1.165) is 16.5 Å². The molecule has 188 valence electrons. The first-order valence-electron chi connectivity index (χ1n) is 10.9. The number of carbonyl (C=O) groups is 1. The third-order valence-electron chi connectivity index (χ3n) is 5.97. The van der Waals surface area contributed by atoms with Gasteiger partial charge >= 0.3 is 0 Å². The van der Waals surface area contributed by atoms with E-state index >= 15 is 0 Å². The van der Waals surface area contributed by atoms with E-state index in [-0.39, 0.29) is 11.4 Å². The van der Waals surface area contributed by atoms with Crippen molar-refractivity contribution in [1.29, 1.82) is 0 Å². The first-order chi connectivity index (χ1) is 16.6. The average Bonchev–Trinajstić information content (AvgIpc) is 3.25. The normalized spacial score (nSPS) is 15.0.